The van der Waals surface area contributed by atoms with Gasteiger partial charge in [0.1, 0.15) is 0 Å². The standard InChI is InChI=1S/C19H28N4O2/c1-13-8-14(2)23(20-13)17-4-3-7-21(12-17)19(25)16-9-18(24)22(11-16)10-15-5-6-15/h8,15-17H,3-7,9-12H2,1-2H3/t16-,17-/m0/s1. The van der Waals surface area contributed by atoms with Crippen molar-refractivity contribution in [1.82, 2.24) is 19.6 Å². The molecule has 6 heteroatoms. The predicted molar refractivity (Wildman–Crippen MR) is 94.0 cm³/mol. The number of nitrogens with zero attached hydrogens (tertiary/aromatic N) is 4. The average molecular weight is 344 g/mol. The first-order valence-electron chi connectivity index (χ1n) is 9.60. The highest BCUT2D eigenvalue weighted by atomic mass is 16.2. The van der Waals surface area contributed by atoms with E-state index in [0.717, 1.165) is 37.3 Å². The van der Waals surface area contributed by atoms with E-state index in [1.54, 1.807) is 0 Å². The Kier molecular flexibility index (Phi) is 4.29. The van der Waals surface area contributed by atoms with Crippen LogP contribution in [0.15, 0.2) is 6.07 Å². The Morgan fingerprint density at radius 3 is 2.72 bits per heavy atom. The summed E-state index contributed by atoms with van der Waals surface area (Å²) in [4.78, 5) is 29.1. The number of hydrogen-bond donors (Lipinski definition) is 0. The molecule has 3 fully saturated rings. The third-order valence-corrected chi connectivity index (χ3v) is 5.84. The maximum atomic E-state index is 13.0. The van der Waals surface area contributed by atoms with Crippen LogP contribution in [0.3, 0.4) is 0 Å². The lowest BCUT2D eigenvalue weighted by Crippen LogP contribution is -2.44. The molecule has 0 spiro atoms. The van der Waals surface area contributed by atoms with Crippen LogP contribution in [0.2, 0.25) is 0 Å². The zero-order valence-corrected chi connectivity index (χ0v) is 15.3. The lowest BCUT2D eigenvalue weighted by molar-refractivity contribution is -0.137. The molecule has 1 aromatic rings. The first-order chi connectivity index (χ1) is 12.0. The number of carbonyl (C=O) groups excluding carboxylic acids is 2. The third-order valence-electron chi connectivity index (χ3n) is 5.84. The highest BCUT2D eigenvalue weighted by Crippen LogP contribution is 2.33. The number of carbonyl (C=O) groups is 2. The van der Waals surface area contributed by atoms with Gasteiger partial charge in [-0.15, -0.1) is 0 Å². The minimum atomic E-state index is -0.148. The minimum absolute atomic E-state index is 0.148. The molecule has 3 aliphatic rings. The van der Waals surface area contributed by atoms with Crippen molar-refractivity contribution in [2.24, 2.45) is 11.8 Å². The summed E-state index contributed by atoms with van der Waals surface area (Å²) in [6.07, 6.45) is 4.93. The smallest absolute Gasteiger partial charge is 0.228 e. The van der Waals surface area contributed by atoms with Gasteiger partial charge >= 0.3 is 0 Å². The van der Waals surface area contributed by atoms with Crippen molar-refractivity contribution in [2.75, 3.05) is 26.2 Å². The molecule has 1 saturated carbocycles. The van der Waals surface area contributed by atoms with Crippen LogP contribution >= 0.6 is 0 Å². The van der Waals surface area contributed by atoms with Gasteiger partial charge in [-0.1, -0.05) is 0 Å². The Hall–Kier alpha value is -1.85. The molecule has 136 valence electrons. The summed E-state index contributed by atoms with van der Waals surface area (Å²) in [6.45, 7) is 7.09. The summed E-state index contributed by atoms with van der Waals surface area (Å²) < 4.78 is 2.08. The molecule has 6 nitrogen and oxygen atoms in total. The zero-order valence-electron chi connectivity index (χ0n) is 15.3. The van der Waals surface area contributed by atoms with Crippen LogP contribution in [-0.4, -0.2) is 57.6 Å². The van der Waals surface area contributed by atoms with Gasteiger partial charge in [-0.05, 0) is 51.5 Å². The number of piperidine rings is 1. The fourth-order valence-corrected chi connectivity index (χ4v) is 4.35. The molecule has 2 saturated heterocycles. The van der Waals surface area contributed by atoms with Crippen LogP contribution in [0, 0.1) is 25.7 Å². The van der Waals surface area contributed by atoms with Crippen LogP contribution in [-0.2, 0) is 9.59 Å². The van der Waals surface area contributed by atoms with Crippen LogP contribution in [0.4, 0.5) is 0 Å². The maximum absolute atomic E-state index is 13.0. The van der Waals surface area contributed by atoms with Gasteiger partial charge in [0, 0.05) is 38.3 Å². The molecule has 2 aliphatic heterocycles. The van der Waals surface area contributed by atoms with E-state index < -0.39 is 0 Å². The first kappa shape index (κ1) is 16.6. The SMILES string of the molecule is Cc1cc(C)n([C@H]2CCCN(C(=O)[C@H]3CC(=O)N(CC4CC4)C3)C2)n1. The van der Waals surface area contributed by atoms with E-state index in [1.807, 2.05) is 16.7 Å². The Labute approximate surface area is 149 Å². The molecular formula is C19H28N4O2. The van der Waals surface area contributed by atoms with E-state index in [0.29, 0.717) is 25.4 Å². The molecule has 2 atom stereocenters. The van der Waals surface area contributed by atoms with E-state index in [1.165, 1.54) is 12.8 Å². The molecule has 1 aliphatic carbocycles. The lowest BCUT2D eigenvalue weighted by atomic mass is 10.0. The largest absolute Gasteiger partial charge is 0.342 e. The monoisotopic (exact) mass is 344 g/mol. The van der Waals surface area contributed by atoms with E-state index in [2.05, 4.69) is 22.8 Å². The van der Waals surface area contributed by atoms with Crippen molar-refractivity contribution < 1.29 is 9.59 Å². The summed E-state index contributed by atoms with van der Waals surface area (Å²) in [6, 6.07) is 2.35. The maximum Gasteiger partial charge on any atom is 0.228 e. The molecule has 3 heterocycles. The predicted octanol–water partition coefficient (Wildman–Crippen LogP) is 1.92. The quantitative estimate of drug-likeness (QED) is 0.838. The Morgan fingerprint density at radius 2 is 2.04 bits per heavy atom. The van der Waals surface area contributed by atoms with Crippen molar-refractivity contribution in [1.29, 1.82) is 0 Å². The van der Waals surface area contributed by atoms with Crippen LogP contribution < -0.4 is 0 Å². The Bertz CT molecular complexity index is 679. The number of rotatable bonds is 4. The van der Waals surface area contributed by atoms with Crippen LogP contribution in [0.25, 0.3) is 0 Å². The van der Waals surface area contributed by atoms with Crippen molar-refractivity contribution >= 4 is 11.8 Å². The van der Waals surface area contributed by atoms with Crippen LogP contribution in [0.1, 0.15) is 49.5 Å². The summed E-state index contributed by atoms with van der Waals surface area (Å²) in [5.41, 5.74) is 2.18. The molecule has 0 bridgehead atoms. The van der Waals surface area contributed by atoms with Gasteiger partial charge < -0.3 is 9.80 Å². The van der Waals surface area contributed by atoms with Gasteiger partial charge in [-0.2, -0.15) is 5.10 Å². The van der Waals surface area contributed by atoms with Crippen molar-refractivity contribution in [3.05, 3.63) is 17.5 Å². The van der Waals surface area contributed by atoms with E-state index >= 15 is 0 Å². The number of aryl methyl sites for hydroxylation is 2. The molecular weight excluding hydrogens is 316 g/mol. The van der Waals surface area contributed by atoms with Gasteiger partial charge in [0.25, 0.3) is 0 Å². The molecule has 0 aromatic carbocycles. The summed E-state index contributed by atoms with van der Waals surface area (Å²) in [5, 5.41) is 4.61. The van der Waals surface area contributed by atoms with Gasteiger partial charge in [0.05, 0.1) is 17.7 Å². The normalized spacial score (nSPS) is 27.2. The average Bonchev–Trinajstić information content (AvgIpc) is 3.24. The fraction of sp³-hybridized carbons (Fsp3) is 0.737. The van der Waals surface area contributed by atoms with Crippen molar-refractivity contribution in [3.63, 3.8) is 0 Å². The summed E-state index contributed by atoms with van der Waals surface area (Å²) in [7, 11) is 0. The second kappa shape index (κ2) is 6.46. The van der Waals surface area contributed by atoms with Gasteiger partial charge in [0.2, 0.25) is 11.8 Å². The zero-order chi connectivity index (χ0) is 17.6. The van der Waals surface area contributed by atoms with Crippen molar-refractivity contribution in [2.45, 2.75) is 52.0 Å². The molecule has 1 aromatic heterocycles. The molecule has 4 rings (SSSR count). The number of amides is 2. The second-order valence-corrected chi connectivity index (χ2v) is 8.10. The second-order valence-electron chi connectivity index (χ2n) is 8.10. The Morgan fingerprint density at radius 1 is 1.24 bits per heavy atom. The molecule has 0 radical (unpaired) electrons. The molecule has 25 heavy (non-hydrogen) atoms. The van der Waals surface area contributed by atoms with Gasteiger partial charge in [-0.3, -0.25) is 14.3 Å². The third kappa shape index (κ3) is 3.44. The fourth-order valence-electron chi connectivity index (χ4n) is 4.35. The highest BCUT2D eigenvalue weighted by molar-refractivity contribution is 5.89. The Balaban J connectivity index is 1.40. The minimum Gasteiger partial charge on any atom is -0.342 e. The van der Waals surface area contributed by atoms with Gasteiger partial charge in [0.15, 0.2) is 0 Å². The van der Waals surface area contributed by atoms with E-state index in [9.17, 15) is 9.59 Å². The van der Waals surface area contributed by atoms with E-state index in [4.69, 9.17) is 0 Å². The number of aromatic nitrogens is 2. The van der Waals surface area contributed by atoms with Gasteiger partial charge in [-0.25, -0.2) is 0 Å². The number of likely N-dealkylation sites (tertiary alicyclic amines) is 2. The highest BCUT2D eigenvalue weighted by Gasteiger charge is 2.39. The van der Waals surface area contributed by atoms with Crippen molar-refractivity contribution in [3.8, 4) is 0 Å². The lowest BCUT2D eigenvalue weighted by Gasteiger charge is -2.34. The number of hydrogen-bond acceptors (Lipinski definition) is 3. The van der Waals surface area contributed by atoms with E-state index in [-0.39, 0.29) is 23.8 Å². The molecule has 0 unspecified atom stereocenters. The van der Waals surface area contributed by atoms with Crippen LogP contribution in [0.5, 0.6) is 0 Å². The topological polar surface area (TPSA) is 58.4 Å². The molecule has 2 amide bonds. The summed E-state index contributed by atoms with van der Waals surface area (Å²) >= 11 is 0. The molecule has 0 N–H and O–H groups in total. The summed E-state index contributed by atoms with van der Waals surface area (Å²) in [5.74, 6) is 0.865. The first-order valence-corrected chi connectivity index (χ1v) is 9.60.